The molecule has 1 saturated heterocycles. The number of nitrogens with zero attached hydrogens (tertiary/aromatic N) is 2. The van der Waals surface area contributed by atoms with Gasteiger partial charge in [0.05, 0.1) is 0 Å². The summed E-state index contributed by atoms with van der Waals surface area (Å²) < 4.78 is 1.70. The van der Waals surface area contributed by atoms with Gasteiger partial charge in [0.15, 0.2) is 6.04 Å². The van der Waals surface area contributed by atoms with Gasteiger partial charge in [-0.1, -0.05) is 30.3 Å². The van der Waals surface area contributed by atoms with E-state index in [9.17, 15) is 4.79 Å². The van der Waals surface area contributed by atoms with Crippen molar-refractivity contribution in [3.05, 3.63) is 54.4 Å². The van der Waals surface area contributed by atoms with Gasteiger partial charge >= 0.3 is 0 Å². The van der Waals surface area contributed by atoms with Crippen LogP contribution in [0.2, 0.25) is 0 Å². The first-order chi connectivity index (χ1) is 9.84. The highest BCUT2D eigenvalue weighted by atomic mass is 35.5. The minimum atomic E-state index is -0.403. The lowest BCUT2D eigenvalue weighted by Gasteiger charge is -2.28. The van der Waals surface area contributed by atoms with Crippen molar-refractivity contribution < 1.29 is 4.79 Å². The normalized spacial score (nSPS) is 15.6. The van der Waals surface area contributed by atoms with Crippen molar-refractivity contribution in [2.45, 2.75) is 6.04 Å². The van der Waals surface area contributed by atoms with Gasteiger partial charge in [0.1, 0.15) is 0 Å². The lowest BCUT2D eigenvalue weighted by Crippen LogP contribution is -2.49. The zero-order valence-corrected chi connectivity index (χ0v) is 12.4. The molecule has 0 saturated carbocycles. The number of hydrogen-bond donors (Lipinski definition) is 2. The largest absolute Gasteiger partial charge is 0.354 e. The summed E-state index contributed by atoms with van der Waals surface area (Å²) in [5.41, 5.74) is 0.945. The Hall–Kier alpha value is -1.85. The number of hydrogen-bond acceptors (Lipinski definition) is 3. The van der Waals surface area contributed by atoms with E-state index in [0.717, 1.165) is 25.2 Å². The Morgan fingerprint density at radius 2 is 2.10 bits per heavy atom. The van der Waals surface area contributed by atoms with E-state index in [1.54, 1.807) is 10.9 Å². The van der Waals surface area contributed by atoms with Crippen LogP contribution in [0.3, 0.4) is 0 Å². The second-order valence-corrected chi connectivity index (χ2v) is 5.07. The maximum atomic E-state index is 12.5. The van der Waals surface area contributed by atoms with Gasteiger partial charge in [-0.05, 0) is 11.6 Å². The molecule has 1 fully saturated rings. The van der Waals surface area contributed by atoms with Gasteiger partial charge < -0.3 is 10.6 Å². The molecule has 2 heterocycles. The first-order valence-electron chi connectivity index (χ1n) is 6.87. The van der Waals surface area contributed by atoms with Crippen molar-refractivity contribution in [3.8, 4) is 0 Å². The Kier molecular flexibility index (Phi) is 5.36. The molecular formula is C15H19ClN4O. The van der Waals surface area contributed by atoms with Crippen molar-refractivity contribution in [2.24, 2.45) is 5.92 Å². The summed E-state index contributed by atoms with van der Waals surface area (Å²) in [6, 6.07) is 11.2. The van der Waals surface area contributed by atoms with E-state index >= 15 is 0 Å². The van der Waals surface area contributed by atoms with E-state index in [1.165, 1.54) is 0 Å². The summed E-state index contributed by atoms with van der Waals surface area (Å²) in [6.45, 7) is 2.69. The number of aromatic nitrogens is 2. The average Bonchev–Trinajstić information content (AvgIpc) is 2.92. The van der Waals surface area contributed by atoms with E-state index in [-0.39, 0.29) is 18.3 Å². The summed E-state index contributed by atoms with van der Waals surface area (Å²) in [7, 11) is 0. The third-order valence-electron chi connectivity index (χ3n) is 3.58. The van der Waals surface area contributed by atoms with Crippen molar-refractivity contribution in [1.82, 2.24) is 20.4 Å². The van der Waals surface area contributed by atoms with Crippen LogP contribution >= 0.6 is 12.4 Å². The summed E-state index contributed by atoms with van der Waals surface area (Å²) >= 11 is 0. The topological polar surface area (TPSA) is 59.0 Å². The number of nitrogens with one attached hydrogen (secondary N) is 2. The fraction of sp³-hybridized carbons (Fsp3) is 0.333. The van der Waals surface area contributed by atoms with E-state index in [4.69, 9.17) is 0 Å². The van der Waals surface area contributed by atoms with Crippen LogP contribution in [0.5, 0.6) is 0 Å². The SMILES string of the molecule is Cl.O=C(NCC1CNC1)C(c1ccccc1)n1cccn1. The van der Waals surface area contributed by atoms with Crippen LogP contribution in [0.25, 0.3) is 0 Å². The number of carbonyl (C=O) groups excluding carboxylic acids is 1. The fourth-order valence-corrected chi connectivity index (χ4v) is 2.33. The first kappa shape index (κ1) is 15.5. The monoisotopic (exact) mass is 306 g/mol. The maximum Gasteiger partial charge on any atom is 0.249 e. The van der Waals surface area contributed by atoms with Crippen LogP contribution in [0, 0.1) is 5.92 Å². The second-order valence-electron chi connectivity index (χ2n) is 5.07. The molecule has 0 aliphatic carbocycles. The van der Waals surface area contributed by atoms with Crippen LogP contribution in [0.1, 0.15) is 11.6 Å². The molecule has 2 N–H and O–H groups in total. The Labute approximate surface area is 130 Å². The zero-order valence-electron chi connectivity index (χ0n) is 11.6. The quantitative estimate of drug-likeness (QED) is 0.873. The predicted molar refractivity (Wildman–Crippen MR) is 83.4 cm³/mol. The molecule has 1 aliphatic heterocycles. The van der Waals surface area contributed by atoms with Gasteiger partial charge in [-0.15, -0.1) is 12.4 Å². The maximum absolute atomic E-state index is 12.5. The third-order valence-corrected chi connectivity index (χ3v) is 3.58. The highest BCUT2D eigenvalue weighted by Gasteiger charge is 2.24. The molecule has 112 valence electrons. The molecule has 1 amide bonds. The molecule has 3 rings (SSSR count). The minimum Gasteiger partial charge on any atom is -0.354 e. The molecule has 21 heavy (non-hydrogen) atoms. The molecule has 0 spiro atoms. The van der Waals surface area contributed by atoms with Crippen LogP contribution < -0.4 is 10.6 Å². The van der Waals surface area contributed by atoms with Gasteiger partial charge in [0.25, 0.3) is 0 Å². The Bertz CT molecular complexity index is 554. The molecule has 1 unspecified atom stereocenters. The Balaban J connectivity index is 0.00000161. The molecule has 0 radical (unpaired) electrons. The third kappa shape index (κ3) is 3.62. The molecule has 6 heteroatoms. The number of rotatable bonds is 5. The zero-order chi connectivity index (χ0) is 13.8. The fourth-order valence-electron chi connectivity index (χ4n) is 2.33. The Morgan fingerprint density at radius 1 is 1.33 bits per heavy atom. The van der Waals surface area contributed by atoms with E-state index in [1.807, 2.05) is 42.6 Å². The molecule has 5 nitrogen and oxygen atoms in total. The van der Waals surface area contributed by atoms with Gasteiger partial charge in [-0.2, -0.15) is 5.10 Å². The molecule has 2 aromatic rings. The first-order valence-corrected chi connectivity index (χ1v) is 6.87. The minimum absolute atomic E-state index is 0. The smallest absolute Gasteiger partial charge is 0.249 e. The molecule has 0 bridgehead atoms. The highest BCUT2D eigenvalue weighted by Crippen LogP contribution is 2.17. The van der Waals surface area contributed by atoms with Crippen molar-refractivity contribution >= 4 is 18.3 Å². The van der Waals surface area contributed by atoms with Crippen LogP contribution in [-0.2, 0) is 4.79 Å². The summed E-state index contributed by atoms with van der Waals surface area (Å²) in [5, 5.41) is 10.5. The summed E-state index contributed by atoms with van der Waals surface area (Å²) in [5.74, 6) is 0.541. The average molecular weight is 307 g/mol. The number of carbonyl (C=O) groups is 1. The number of amides is 1. The van der Waals surface area contributed by atoms with Crippen molar-refractivity contribution in [3.63, 3.8) is 0 Å². The van der Waals surface area contributed by atoms with E-state index in [0.29, 0.717) is 5.92 Å². The van der Waals surface area contributed by atoms with Crippen LogP contribution in [0.4, 0.5) is 0 Å². The summed E-state index contributed by atoms with van der Waals surface area (Å²) in [4.78, 5) is 12.5. The number of benzene rings is 1. The lowest BCUT2D eigenvalue weighted by atomic mass is 10.0. The standard InChI is InChI=1S/C15H18N4O.ClH/c20-15(17-11-12-9-16-10-12)14(19-8-4-7-18-19)13-5-2-1-3-6-13;/h1-8,12,14,16H,9-11H2,(H,17,20);1H. The summed E-state index contributed by atoms with van der Waals surface area (Å²) in [6.07, 6.45) is 3.52. The molecule has 1 aromatic heterocycles. The Morgan fingerprint density at radius 3 is 2.67 bits per heavy atom. The van der Waals surface area contributed by atoms with E-state index in [2.05, 4.69) is 15.7 Å². The van der Waals surface area contributed by atoms with E-state index < -0.39 is 6.04 Å². The second kappa shape index (κ2) is 7.24. The molecule has 1 aromatic carbocycles. The van der Waals surface area contributed by atoms with Crippen LogP contribution in [-0.4, -0.2) is 35.3 Å². The molecule has 1 aliphatic rings. The number of halogens is 1. The highest BCUT2D eigenvalue weighted by molar-refractivity contribution is 5.85. The molecule has 1 atom stereocenters. The lowest BCUT2D eigenvalue weighted by molar-refractivity contribution is -0.123. The van der Waals surface area contributed by atoms with Gasteiger partial charge in [0, 0.05) is 37.9 Å². The van der Waals surface area contributed by atoms with Crippen molar-refractivity contribution in [2.75, 3.05) is 19.6 Å². The van der Waals surface area contributed by atoms with Gasteiger partial charge in [-0.3, -0.25) is 9.48 Å². The van der Waals surface area contributed by atoms with Crippen molar-refractivity contribution in [1.29, 1.82) is 0 Å². The van der Waals surface area contributed by atoms with Gasteiger partial charge in [-0.25, -0.2) is 0 Å². The van der Waals surface area contributed by atoms with Gasteiger partial charge in [0.2, 0.25) is 5.91 Å². The van der Waals surface area contributed by atoms with Crippen LogP contribution in [0.15, 0.2) is 48.8 Å². The predicted octanol–water partition coefficient (Wildman–Crippen LogP) is 1.23. The molecular weight excluding hydrogens is 288 g/mol.